The molecule has 1 rings (SSSR count). The average molecular weight is 195 g/mol. The lowest BCUT2D eigenvalue weighted by Crippen LogP contribution is -2.18. The van der Waals surface area contributed by atoms with Gasteiger partial charge in [0.15, 0.2) is 0 Å². The van der Waals surface area contributed by atoms with Gasteiger partial charge in [-0.15, -0.1) is 0 Å². The molecule has 1 aromatic heterocycles. The highest BCUT2D eigenvalue weighted by Crippen LogP contribution is 2.09. The normalized spacial score (nSPS) is 9.93. The van der Waals surface area contributed by atoms with E-state index in [9.17, 15) is 0 Å². The van der Waals surface area contributed by atoms with E-state index in [1.54, 1.807) is 0 Å². The summed E-state index contributed by atoms with van der Waals surface area (Å²) in [6.45, 7) is 3.65. The molecule has 5 nitrogen and oxygen atoms in total. The van der Waals surface area contributed by atoms with Gasteiger partial charge in [0.25, 0.3) is 0 Å². The predicted molar refractivity (Wildman–Crippen MR) is 58.7 cm³/mol. The van der Waals surface area contributed by atoms with E-state index < -0.39 is 0 Å². The van der Waals surface area contributed by atoms with Gasteiger partial charge in [0.05, 0.1) is 0 Å². The summed E-state index contributed by atoms with van der Waals surface area (Å²) < 4.78 is 0. The first-order valence-corrected chi connectivity index (χ1v) is 4.68. The first-order valence-electron chi connectivity index (χ1n) is 4.68. The van der Waals surface area contributed by atoms with Gasteiger partial charge in [0.2, 0.25) is 0 Å². The number of aromatic nitrogens is 2. The van der Waals surface area contributed by atoms with E-state index in [-0.39, 0.29) is 0 Å². The van der Waals surface area contributed by atoms with Gasteiger partial charge in [-0.05, 0) is 14.0 Å². The van der Waals surface area contributed by atoms with E-state index in [1.165, 1.54) is 0 Å². The van der Waals surface area contributed by atoms with Crippen molar-refractivity contribution >= 4 is 11.6 Å². The van der Waals surface area contributed by atoms with Gasteiger partial charge >= 0.3 is 0 Å². The Kier molecular flexibility index (Phi) is 4.12. The minimum absolute atomic E-state index is 0.767. The molecule has 0 fully saturated rings. The lowest BCUT2D eigenvalue weighted by molar-refractivity contribution is 0.820. The van der Waals surface area contributed by atoms with Crippen LogP contribution in [-0.4, -0.2) is 37.2 Å². The number of nitrogens with one attached hydrogen (secondary N) is 3. The molecule has 0 atom stereocenters. The van der Waals surface area contributed by atoms with Gasteiger partial charge < -0.3 is 16.0 Å². The number of anilines is 2. The third-order valence-electron chi connectivity index (χ3n) is 1.78. The maximum absolute atomic E-state index is 4.26. The minimum Gasteiger partial charge on any atom is -0.373 e. The number of hydrogen-bond donors (Lipinski definition) is 3. The quantitative estimate of drug-likeness (QED) is 0.596. The van der Waals surface area contributed by atoms with E-state index in [2.05, 4.69) is 25.9 Å². The van der Waals surface area contributed by atoms with Crippen molar-refractivity contribution in [3.8, 4) is 0 Å². The van der Waals surface area contributed by atoms with Crippen LogP contribution in [-0.2, 0) is 0 Å². The summed E-state index contributed by atoms with van der Waals surface area (Å²) in [5, 5.41) is 9.26. The molecular formula is C9H17N5. The lowest BCUT2D eigenvalue weighted by atomic mass is 10.4. The van der Waals surface area contributed by atoms with Gasteiger partial charge in [-0.25, -0.2) is 9.97 Å². The number of aryl methyl sites for hydroxylation is 1. The second kappa shape index (κ2) is 5.39. The van der Waals surface area contributed by atoms with Crippen molar-refractivity contribution in [1.82, 2.24) is 15.3 Å². The molecule has 0 aliphatic rings. The van der Waals surface area contributed by atoms with Crippen LogP contribution in [0, 0.1) is 6.92 Å². The summed E-state index contributed by atoms with van der Waals surface area (Å²) in [5.74, 6) is 2.46. The third-order valence-corrected chi connectivity index (χ3v) is 1.78. The highest BCUT2D eigenvalue weighted by molar-refractivity contribution is 5.46. The number of hydrogen-bond acceptors (Lipinski definition) is 5. The predicted octanol–water partition coefficient (Wildman–Crippen LogP) is 0.458. The van der Waals surface area contributed by atoms with Crippen molar-refractivity contribution in [3.05, 3.63) is 11.9 Å². The molecule has 0 saturated carbocycles. The van der Waals surface area contributed by atoms with Crippen LogP contribution in [0.25, 0.3) is 0 Å². The zero-order valence-electron chi connectivity index (χ0n) is 8.89. The zero-order valence-corrected chi connectivity index (χ0v) is 8.89. The van der Waals surface area contributed by atoms with Crippen LogP contribution in [0.1, 0.15) is 5.82 Å². The summed E-state index contributed by atoms with van der Waals surface area (Å²) in [6, 6.07) is 1.89. The Balaban J connectivity index is 2.62. The van der Waals surface area contributed by atoms with Crippen molar-refractivity contribution < 1.29 is 0 Å². The maximum Gasteiger partial charge on any atom is 0.131 e. The molecule has 5 heteroatoms. The highest BCUT2D eigenvalue weighted by Gasteiger charge is 1.98. The molecule has 0 aliphatic carbocycles. The summed E-state index contributed by atoms with van der Waals surface area (Å²) in [7, 11) is 3.77. The molecule has 0 saturated heterocycles. The Morgan fingerprint density at radius 2 is 1.86 bits per heavy atom. The van der Waals surface area contributed by atoms with Crippen molar-refractivity contribution in [2.75, 3.05) is 37.8 Å². The topological polar surface area (TPSA) is 61.9 Å². The van der Waals surface area contributed by atoms with Crippen LogP contribution >= 0.6 is 0 Å². The lowest BCUT2D eigenvalue weighted by Gasteiger charge is -2.07. The Morgan fingerprint density at radius 1 is 1.14 bits per heavy atom. The molecule has 1 aromatic rings. The monoisotopic (exact) mass is 195 g/mol. The van der Waals surface area contributed by atoms with Crippen LogP contribution in [0.5, 0.6) is 0 Å². The summed E-state index contributed by atoms with van der Waals surface area (Å²) in [4.78, 5) is 8.47. The molecule has 0 aromatic carbocycles. The molecule has 0 spiro atoms. The van der Waals surface area contributed by atoms with Crippen molar-refractivity contribution in [1.29, 1.82) is 0 Å². The molecule has 0 radical (unpaired) electrons. The van der Waals surface area contributed by atoms with Crippen LogP contribution < -0.4 is 16.0 Å². The van der Waals surface area contributed by atoms with E-state index in [4.69, 9.17) is 0 Å². The largest absolute Gasteiger partial charge is 0.373 e. The Hall–Kier alpha value is -1.36. The summed E-state index contributed by atoms with van der Waals surface area (Å²) >= 11 is 0. The fraction of sp³-hybridized carbons (Fsp3) is 0.556. The number of rotatable bonds is 5. The Labute approximate surface area is 84.3 Å². The smallest absolute Gasteiger partial charge is 0.131 e. The maximum atomic E-state index is 4.26. The molecule has 0 amide bonds. The van der Waals surface area contributed by atoms with E-state index in [0.717, 1.165) is 30.5 Å². The number of nitrogens with zero attached hydrogens (tertiary/aromatic N) is 2. The Morgan fingerprint density at radius 3 is 2.50 bits per heavy atom. The SMILES string of the molecule is CNCCNc1cc(NC)nc(C)n1. The van der Waals surface area contributed by atoms with Crippen LogP contribution in [0.4, 0.5) is 11.6 Å². The van der Waals surface area contributed by atoms with Crippen molar-refractivity contribution in [2.24, 2.45) is 0 Å². The van der Waals surface area contributed by atoms with E-state index >= 15 is 0 Å². The van der Waals surface area contributed by atoms with Gasteiger partial charge in [-0.2, -0.15) is 0 Å². The standard InChI is InChI=1S/C9H17N5/c1-7-13-8(11-3)6-9(14-7)12-5-4-10-2/h6,10H,4-5H2,1-3H3,(H2,11,12,13,14). The van der Waals surface area contributed by atoms with Crippen molar-refractivity contribution in [2.45, 2.75) is 6.92 Å². The molecule has 1 heterocycles. The second-order valence-electron chi connectivity index (χ2n) is 2.97. The first kappa shape index (κ1) is 10.7. The van der Waals surface area contributed by atoms with Crippen molar-refractivity contribution in [3.63, 3.8) is 0 Å². The van der Waals surface area contributed by atoms with Gasteiger partial charge in [-0.3, -0.25) is 0 Å². The van der Waals surface area contributed by atoms with E-state index in [0.29, 0.717) is 0 Å². The highest BCUT2D eigenvalue weighted by atomic mass is 15.1. The average Bonchev–Trinajstić information content (AvgIpc) is 2.17. The van der Waals surface area contributed by atoms with E-state index in [1.807, 2.05) is 27.1 Å². The Bertz CT molecular complexity index is 287. The molecule has 3 N–H and O–H groups in total. The fourth-order valence-electron chi connectivity index (χ4n) is 1.10. The zero-order chi connectivity index (χ0) is 10.4. The van der Waals surface area contributed by atoms with Gasteiger partial charge in [0, 0.05) is 26.2 Å². The molecule has 78 valence electrons. The molecule has 14 heavy (non-hydrogen) atoms. The number of likely N-dealkylation sites (N-methyl/N-ethyl adjacent to an activating group) is 1. The fourth-order valence-corrected chi connectivity index (χ4v) is 1.10. The van der Waals surface area contributed by atoms with Gasteiger partial charge in [-0.1, -0.05) is 0 Å². The van der Waals surface area contributed by atoms with Crippen LogP contribution in [0.2, 0.25) is 0 Å². The molecular weight excluding hydrogens is 178 g/mol. The second-order valence-corrected chi connectivity index (χ2v) is 2.97. The summed E-state index contributed by atoms with van der Waals surface area (Å²) in [5.41, 5.74) is 0. The molecule has 0 bridgehead atoms. The summed E-state index contributed by atoms with van der Waals surface area (Å²) in [6.07, 6.45) is 0. The minimum atomic E-state index is 0.767. The molecule has 0 unspecified atom stereocenters. The third kappa shape index (κ3) is 3.18. The van der Waals surface area contributed by atoms with Gasteiger partial charge in [0.1, 0.15) is 17.5 Å². The van der Waals surface area contributed by atoms with Crippen LogP contribution in [0.3, 0.4) is 0 Å². The first-order chi connectivity index (χ1) is 6.76. The van der Waals surface area contributed by atoms with Crippen LogP contribution in [0.15, 0.2) is 6.07 Å². The molecule has 0 aliphatic heterocycles.